The summed E-state index contributed by atoms with van der Waals surface area (Å²) in [7, 11) is 0. The van der Waals surface area contributed by atoms with Crippen LogP contribution in [-0.2, 0) is 4.79 Å². The summed E-state index contributed by atoms with van der Waals surface area (Å²) >= 11 is 0. The van der Waals surface area contributed by atoms with Crippen molar-refractivity contribution in [3.63, 3.8) is 0 Å². The minimum absolute atomic E-state index is 0.230. The zero-order valence-electron chi connectivity index (χ0n) is 8.91. The Balaban J connectivity index is 1.78. The number of rotatable bonds is 3. The molecule has 14 heavy (non-hydrogen) atoms. The van der Waals surface area contributed by atoms with Crippen LogP contribution in [0, 0.1) is 11.8 Å². The molecule has 1 aliphatic heterocycles. The van der Waals surface area contributed by atoms with Crippen molar-refractivity contribution in [1.29, 1.82) is 0 Å². The topological polar surface area (TPSA) is 46.3 Å². The molecule has 2 unspecified atom stereocenters. The minimum Gasteiger partial charge on any atom is -0.342 e. The van der Waals surface area contributed by atoms with E-state index < -0.39 is 0 Å². The predicted molar refractivity (Wildman–Crippen MR) is 55.7 cm³/mol. The summed E-state index contributed by atoms with van der Waals surface area (Å²) in [5.41, 5.74) is 5.84. The third-order valence-electron chi connectivity index (χ3n) is 3.48. The Bertz CT molecular complexity index is 223. The minimum atomic E-state index is 0.230. The lowest BCUT2D eigenvalue weighted by molar-refractivity contribution is -0.130. The second-order valence-electron chi connectivity index (χ2n) is 4.90. The summed E-state index contributed by atoms with van der Waals surface area (Å²) in [6.07, 6.45) is 4.40. The third kappa shape index (κ3) is 2.27. The van der Waals surface area contributed by atoms with E-state index in [9.17, 15) is 4.79 Å². The Hall–Kier alpha value is -0.570. The Kier molecular flexibility index (Phi) is 2.77. The highest BCUT2D eigenvalue weighted by molar-refractivity contribution is 5.77. The molecule has 1 heterocycles. The maximum absolute atomic E-state index is 11.7. The van der Waals surface area contributed by atoms with E-state index in [-0.39, 0.29) is 6.04 Å². The van der Waals surface area contributed by atoms with Crippen LogP contribution in [0.5, 0.6) is 0 Å². The van der Waals surface area contributed by atoms with Gasteiger partial charge in [-0.25, -0.2) is 0 Å². The summed E-state index contributed by atoms with van der Waals surface area (Å²) in [6.45, 7) is 3.86. The van der Waals surface area contributed by atoms with E-state index in [2.05, 4.69) is 0 Å². The second-order valence-corrected chi connectivity index (χ2v) is 4.90. The molecule has 1 amide bonds. The molecular formula is C11H20N2O. The predicted octanol–water partition coefficient (Wildman–Crippen LogP) is 0.982. The van der Waals surface area contributed by atoms with Gasteiger partial charge < -0.3 is 10.6 Å². The van der Waals surface area contributed by atoms with Crippen molar-refractivity contribution >= 4 is 5.91 Å². The van der Waals surface area contributed by atoms with E-state index in [4.69, 9.17) is 5.73 Å². The number of amides is 1. The van der Waals surface area contributed by atoms with Crippen LogP contribution in [-0.4, -0.2) is 29.9 Å². The van der Waals surface area contributed by atoms with E-state index in [1.165, 1.54) is 12.8 Å². The van der Waals surface area contributed by atoms with Crippen molar-refractivity contribution in [3.05, 3.63) is 0 Å². The summed E-state index contributed by atoms with van der Waals surface area (Å²) < 4.78 is 0. The Morgan fingerprint density at radius 3 is 2.71 bits per heavy atom. The van der Waals surface area contributed by atoms with Crippen molar-refractivity contribution in [2.75, 3.05) is 13.1 Å². The van der Waals surface area contributed by atoms with Crippen LogP contribution in [0.3, 0.4) is 0 Å². The zero-order valence-corrected chi connectivity index (χ0v) is 8.91. The van der Waals surface area contributed by atoms with Gasteiger partial charge in [-0.05, 0) is 38.0 Å². The number of carbonyl (C=O) groups is 1. The molecule has 0 radical (unpaired) electrons. The van der Waals surface area contributed by atoms with Gasteiger partial charge in [0.2, 0.25) is 5.91 Å². The van der Waals surface area contributed by atoms with Gasteiger partial charge in [-0.15, -0.1) is 0 Å². The largest absolute Gasteiger partial charge is 0.342 e. The van der Waals surface area contributed by atoms with Crippen LogP contribution in [0.2, 0.25) is 0 Å². The van der Waals surface area contributed by atoms with Crippen molar-refractivity contribution in [1.82, 2.24) is 4.90 Å². The molecule has 1 saturated heterocycles. The first-order valence-corrected chi connectivity index (χ1v) is 5.70. The van der Waals surface area contributed by atoms with Crippen molar-refractivity contribution in [3.8, 4) is 0 Å². The van der Waals surface area contributed by atoms with Gasteiger partial charge in [0, 0.05) is 25.6 Å². The molecular weight excluding hydrogens is 176 g/mol. The van der Waals surface area contributed by atoms with E-state index in [1.807, 2.05) is 11.8 Å². The first-order valence-electron chi connectivity index (χ1n) is 5.70. The lowest BCUT2D eigenvalue weighted by Gasteiger charge is -2.17. The van der Waals surface area contributed by atoms with Crippen LogP contribution in [0.25, 0.3) is 0 Å². The van der Waals surface area contributed by atoms with Crippen LogP contribution < -0.4 is 5.73 Å². The van der Waals surface area contributed by atoms with Crippen molar-refractivity contribution < 1.29 is 4.79 Å². The highest BCUT2D eigenvalue weighted by atomic mass is 16.2. The van der Waals surface area contributed by atoms with Gasteiger partial charge in [0.25, 0.3) is 0 Å². The number of hydrogen-bond donors (Lipinski definition) is 1. The van der Waals surface area contributed by atoms with Gasteiger partial charge >= 0.3 is 0 Å². The molecule has 2 atom stereocenters. The SMILES string of the molecule is CC(N)C1CCN(C(=O)CC2CC2)C1. The second kappa shape index (κ2) is 3.89. The molecule has 1 saturated carbocycles. The average Bonchev–Trinajstić information content (AvgIpc) is 2.81. The molecule has 2 aliphatic rings. The highest BCUT2D eigenvalue weighted by Crippen LogP contribution is 2.33. The Morgan fingerprint density at radius 1 is 1.50 bits per heavy atom. The van der Waals surface area contributed by atoms with Crippen molar-refractivity contribution in [2.45, 2.75) is 38.6 Å². The Labute approximate surface area is 85.6 Å². The van der Waals surface area contributed by atoms with E-state index in [0.29, 0.717) is 17.7 Å². The molecule has 2 fully saturated rings. The molecule has 0 bridgehead atoms. The standard InChI is InChI=1S/C11H20N2O/c1-8(12)10-4-5-13(7-10)11(14)6-9-2-3-9/h8-10H,2-7,12H2,1H3. The fourth-order valence-electron chi connectivity index (χ4n) is 2.14. The van der Waals surface area contributed by atoms with Gasteiger partial charge in [0.05, 0.1) is 0 Å². The summed E-state index contributed by atoms with van der Waals surface area (Å²) in [6, 6.07) is 0.230. The lowest BCUT2D eigenvalue weighted by Crippen LogP contribution is -2.33. The lowest BCUT2D eigenvalue weighted by atomic mass is 10.0. The fraction of sp³-hybridized carbons (Fsp3) is 0.909. The summed E-state index contributed by atoms with van der Waals surface area (Å²) in [5.74, 6) is 1.59. The molecule has 80 valence electrons. The average molecular weight is 196 g/mol. The van der Waals surface area contributed by atoms with Crippen LogP contribution in [0.15, 0.2) is 0 Å². The van der Waals surface area contributed by atoms with Gasteiger partial charge in [0.1, 0.15) is 0 Å². The first-order chi connectivity index (χ1) is 6.66. The van der Waals surface area contributed by atoms with Crippen LogP contribution in [0.4, 0.5) is 0 Å². The van der Waals surface area contributed by atoms with Gasteiger partial charge in [-0.3, -0.25) is 4.79 Å². The first kappa shape index (κ1) is 9.97. The third-order valence-corrected chi connectivity index (χ3v) is 3.48. The maximum Gasteiger partial charge on any atom is 0.222 e. The Morgan fingerprint density at radius 2 is 2.21 bits per heavy atom. The monoisotopic (exact) mass is 196 g/mol. The molecule has 3 heteroatoms. The molecule has 0 aromatic carbocycles. The van der Waals surface area contributed by atoms with E-state index in [0.717, 1.165) is 25.9 Å². The van der Waals surface area contributed by atoms with Gasteiger partial charge in [-0.1, -0.05) is 0 Å². The van der Waals surface area contributed by atoms with E-state index in [1.54, 1.807) is 0 Å². The number of carbonyl (C=O) groups excluding carboxylic acids is 1. The number of likely N-dealkylation sites (tertiary alicyclic amines) is 1. The molecule has 0 aromatic rings. The number of nitrogens with zero attached hydrogens (tertiary/aromatic N) is 1. The highest BCUT2D eigenvalue weighted by Gasteiger charge is 2.31. The smallest absolute Gasteiger partial charge is 0.222 e. The van der Waals surface area contributed by atoms with Crippen LogP contribution in [0.1, 0.15) is 32.6 Å². The van der Waals surface area contributed by atoms with Gasteiger partial charge in [0.15, 0.2) is 0 Å². The molecule has 2 N–H and O–H groups in total. The molecule has 2 rings (SSSR count). The van der Waals surface area contributed by atoms with E-state index >= 15 is 0 Å². The van der Waals surface area contributed by atoms with Crippen LogP contribution >= 0.6 is 0 Å². The quantitative estimate of drug-likeness (QED) is 0.731. The number of nitrogens with two attached hydrogens (primary N) is 1. The summed E-state index contributed by atoms with van der Waals surface area (Å²) in [5, 5.41) is 0. The normalized spacial score (nSPS) is 29.3. The summed E-state index contributed by atoms with van der Waals surface area (Å²) in [4.78, 5) is 13.8. The maximum atomic E-state index is 11.7. The van der Waals surface area contributed by atoms with Gasteiger partial charge in [-0.2, -0.15) is 0 Å². The fourth-order valence-corrected chi connectivity index (χ4v) is 2.14. The molecule has 3 nitrogen and oxygen atoms in total. The molecule has 1 aliphatic carbocycles. The number of hydrogen-bond acceptors (Lipinski definition) is 2. The molecule has 0 spiro atoms. The molecule has 0 aromatic heterocycles. The van der Waals surface area contributed by atoms with Crippen molar-refractivity contribution in [2.24, 2.45) is 17.6 Å². The zero-order chi connectivity index (χ0) is 10.1.